The predicted octanol–water partition coefficient (Wildman–Crippen LogP) is 21.7. The molecule has 24 heterocycles. The van der Waals surface area contributed by atoms with E-state index >= 15 is 0 Å². The van der Waals surface area contributed by atoms with Crippen molar-refractivity contribution in [2.45, 2.75) is 68.2 Å². The van der Waals surface area contributed by atoms with Crippen LogP contribution in [0.25, 0.3) is 221 Å². The van der Waals surface area contributed by atoms with Crippen molar-refractivity contribution in [3.8, 4) is 132 Å². The fourth-order valence-electron chi connectivity index (χ4n) is 15.7. The van der Waals surface area contributed by atoms with E-state index in [4.69, 9.17) is 19.9 Å². The van der Waals surface area contributed by atoms with Crippen LogP contribution in [0.4, 0.5) is 22.7 Å². The van der Waals surface area contributed by atoms with Crippen molar-refractivity contribution in [3.63, 3.8) is 0 Å². The number of nitrogens with zero attached hydrogens (tertiary/aromatic N) is 20. The van der Waals surface area contributed by atoms with E-state index in [-0.39, 0.29) is 35.5 Å². The number of pyridine rings is 12. The van der Waals surface area contributed by atoms with Crippen molar-refractivity contribution in [2.75, 3.05) is 21.3 Å². The highest BCUT2D eigenvalue weighted by molar-refractivity contribution is 7.14. The normalized spacial score (nSPS) is 11.6. The minimum absolute atomic E-state index is 0.0315. The molecule has 40 heteroatoms. The van der Waals surface area contributed by atoms with E-state index in [0.29, 0.717) is 81.5 Å². The average molecular weight is 1940 g/mol. The average Bonchev–Trinajstić information content (AvgIpc) is 1.63. The van der Waals surface area contributed by atoms with Crippen molar-refractivity contribution in [2.24, 2.45) is 17.3 Å². The number of hydrogen-bond donors (Lipinski definition) is 12. The first-order chi connectivity index (χ1) is 68.7. The van der Waals surface area contributed by atoms with E-state index in [9.17, 15) is 19.2 Å². The fraction of sp³-hybridized carbons (Fsp3) is 0.129. The van der Waals surface area contributed by atoms with Crippen molar-refractivity contribution < 1.29 is 19.2 Å². The molecule has 0 spiro atoms. The van der Waals surface area contributed by atoms with Crippen LogP contribution in [0.15, 0.2) is 243 Å². The SMILES string of the molecule is CC(C)(C)C(=O)Nc1cncc(-c2cnc3n[nH]c(-c4nc5c(-c6cccs6)cncc5[nH]4)c3c2)c1.CC(C)C(=O)Nc1cncc(-c2cnc3n[nH]c(-c4nc5c(-c6cccs6)cncc5[nH]4)c3c2)c1.CC(C)CC(=O)Nc1cncc(-c2cnc3n[nH]c(-c4nc5c(-c6cccs6)cncc5[nH]4)c3c2)c1.CCC(=O)Nc1cncc(-c2cnc3n[nH]c(-c4nc5c(-c6cccs6)cncc5[nH]4)c3c2)c1. The summed E-state index contributed by atoms with van der Waals surface area (Å²) in [5, 5.41) is 52.8. The van der Waals surface area contributed by atoms with Crippen molar-refractivity contribution in [1.29, 1.82) is 0 Å². The lowest BCUT2D eigenvalue weighted by atomic mass is 9.95. The Labute approximate surface area is 815 Å². The molecule has 0 saturated carbocycles. The molecule has 12 N–H and O–H groups in total. The molecular formula is C101H82N32O4S4. The third kappa shape index (κ3) is 18.8. The van der Waals surface area contributed by atoms with Gasteiger partial charge in [-0.1, -0.05) is 79.7 Å². The third-order valence-electron chi connectivity index (χ3n) is 22.8. The van der Waals surface area contributed by atoms with Crippen LogP contribution < -0.4 is 21.3 Å². The molecule has 694 valence electrons. The van der Waals surface area contributed by atoms with Crippen LogP contribution in [0.5, 0.6) is 0 Å². The van der Waals surface area contributed by atoms with E-state index < -0.39 is 5.41 Å². The Kier molecular flexibility index (Phi) is 24.5. The monoisotopic (exact) mass is 1930 g/mol. The van der Waals surface area contributed by atoms with Gasteiger partial charge in [-0.15, -0.1) is 45.3 Å². The summed E-state index contributed by atoms with van der Waals surface area (Å²) in [7, 11) is 0. The molecule has 24 aromatic heterocycles. The smallest absolute Gasteiger partial charge is 0.229 e. The summed E-state index contributed by atoms with van der Waals surface area (Å²) < 4.78 is 0. The molecule has 24 aromatic rings. The highest BCUT2D eigenvalue weighted by Gasteiger charge is 2.26. The maximum Gasteiger partial charge on any atom is 0.229 e. The number of H-pyrrole nitrogens is 8. The number of imidazole rings is 4. The number of fused-ring (bicyclic) bond motifs is 8. The second-order valence-corrected chi connectivity index (χ2v) is 38.4. The minimum atomic E-state index is -0.506. The van der Waals surface area contributed by atoms with Crippen LogP contribution in [-0.4, -0.2) is 164 Å². The summed E-state index contributed by atoms with van der Waals surface area (Å²) in [6.45, 7) is 15.1. The van der Waals surface area contributed by atoms with Gasteiger partial charge in [0.15, 0.2) is 45.9 Å². The number of aromatic nitrogens is 28. The van der Waals surface area contributed by atoms with Crippen LogP contribution in [-0.2, 0) is 19.2 Å². The van der Waals surface area contributed by atoms with Gasteiger partial charge in [0.2, 0.25) is 23.6 Å². The number of hydrogen-bond acceptors (Lipinski definition) is 28. The second kappa shape index (κ2) is 38.4. The number of nitrogens with one attached hydrogen (secondary N) is 12. The molecule has 0 aromatic carbocycles. The first-order valence-electron chi connectivity index (χ1n) is 44.6. The molecule has 0 aliphatic carbocycles. The number of carbonyl (C=O) groups excluding carboxylic acids is 4. The maximum absolute atomic E-state index is 12.4. The van der Waals surface area contributed by atoms with Crippen LogP contribution >= 0.6 is 45.3 Å². The molecule has 0 aliphatic rings. The minimum Gasteiger partial charge on any atom is -0.335 e. The number of rotatable bonds is 20. The summed E-state index contributed by atoms with van der Waals surface area (Å²) in [6.07, 6.45) is 35.8. The Morgan fingerprint density at radius 3 is 0.879 bits per heavy atom. The van der Waals surface area contributed by atoms with Gasteiger partial charge in [-0.3, -0.25) is 79.4 Å². The molecule has 0 bridgehead atoms. The Balaban J connectivity index is 0.000000111. The zero-order valence-corrected chi connectivity index (χ0v) is 79.6. The van der Waals surface area contributed by atoms with Gasteiger partial charge in [-0.05, 0) is 100 Å². The van der Waals surface area contributed by atoms with Gasteiger partial charge in [-0.25, -0.2) is 39.9 Å². The van der Waals surface area contributed by atoms with Crippen LogP contribution in [0, 0.1) is 17.3 Å². The summed E-state index contributed by atoms with van der Waals surface area (Å²) >= 11 is 6.60. The lowest BCUT2D eigenvalue weighted by Gasteiger charge is -2.17. The standard InChI is InChI=1S/2C26H22N8OS.C25H20N8OS.C24H18N8OS/c1-26(2,3)25(35)30-16-7-14(9-27-11-16)15-8-17-22(33-34-23(17)29-10-15)24-31-19-13-28-12-18(21(19)32-24)20-5-4-6-36-20;1-14(2)6-22(35)30-17-7-15(9-27-11-17)16-8-18-24(33-34-25(18)29-10-16)26-31-20-13-28-12-19(23(20)32-26)21-4-3-5-36-21;1-13(2)25(34)29-16-6-14(8-26-10-16)15-7-17-22(32-33-23(17)28-9-15)24-30-19-12-27-11-18(21(19)31-24)20-4-3-5-35-20;1-2-20(33)28-15-6-13(8-25-10-15)14-7-16-22(31-32-23(16)27-9-14)24-29-18-12-26-11-17(21(18)30-24)19-4-3-5-34-19/h4-13H,1-3H3,(H,30,35)(H,31,32)(H,29,33,34);3-5,7-14H,6H2,1-2H3,(H,30,35)(H,31,32)(H,29,33,34);3-13H,1-2H3,(H,29,34)(H,30,31)(H,28,32,33);3-12H,2H2,1H3,(H,28,33)(H,29,30)(H,27,31,32). The largest absolute Gasteiger partial charge is 0.335 e. The topological polar surface area (TPSA) is 501 Å². The molecular weight excluding hydrogens is 1850 g/mol. The van der Waals surface area contributed by atoms with E-state index in [1.807, 2.05) is 174 Å². The summed E-state index contributed by atoms with van der Waals surface area (Å²) in [5.74, 6) is 2.55. The maximum atomic E-state index is 12.4. The van der Waals surface area contributed by atoms with Gasteiger partial charge in [0, 0.05) is 185 Å². The van der Waals surface area contributed by atoms with Gasteiger partial charge in [0.05, 0.1) is 116 Å². The molecule has 24 rings (SSSR count). The van der Waals surface area contributed by atoms with Gasteiger partial charge < -0.3 is 41.2 Å². The van der Waals surface area contributed by atoms with Crippen molar-refractivity contribution in [1.82, 2.24) is 140 Å². The Morgan fingerprint density at radius 2 is 0.610 bits per heavy atom. The fourth-order valence-corrected chi connectivity index (χ4v) is 18.7. The highest BCUT2D eigenvalue weighted by atomic mass is 32.1. The molecule has 0 unspecified atom stereocenters. The Hall–Kier alpha value is -17.8. The Bertz CT molecular complexity index is 8780. The van der Waals surface area contributed by atoms with E-state index in [2.05, 4.69) is 166 Å². The first-order valence-corrected chi connectivity index (χ1v) is 48.1. The lowest BCUT2D eigenvalue weighted by molar-refractivity contribution is -0.123. The number of carbonyl (C=O) groups is 4. The summed E-state index contributed by atoms with van der Waals surface area (Å²) in [4.78, 5) is 139. The van der Waals surface area contributed by atoms with Gasteiger partial charge in [-0.2, -0.15) is 20.4 Å². The van der Waals surface area contributed by atoms with Gasteiger partial charge >= 0.3 is 0 Å². The molecule has 0 saturated heterocycles. The van der Waals surface area contributed by atoms with Crippen LogP contribution in [0.1, 0.15) is 68.2 Å². The molecule has 0 atom stereocenters. The van der Waals surface area contributed by atoms with Crippen molar-refractivity contribution >= 4 is 180 Å². The van der Waals surface area contributed by atoms with E-state index in [1.165, 1.54) is 0 Å². The summed E-state index contributed by atoms with van der Waals surface area (Å²) in [6, 6.07) is 31.8. The predicted molar refractivity (Wildman–Crippen MR) is 552 cm³/mol. The quantitative estimate of drug-likeness (QED) is 0.0337. The van der Waals surface area contributed by atoms with Gasteiger partial charge in [0.1, 0.15) is 44.8 Å². The number of anilines is 4. The highest BCUT2D eigenvalue weighted by Crippen LogP contribution is 2.41. The summed E-state index contributed by atoms with van der Waals surface area (Å²) in [5.41, 5.74) is 24.8. The number of thiophene rings is 4. The lowest BCUT2D eigenvalue weighted by Crippen LogP contribution is -2.27. The van der Waals surface area contributed by atoms with E-state index in [1.54, 1.807) is 144 Å². The van der Waals surface area contributed by atoms with Crippen LogP contribution in [0.2, 0.25) is 0 Å². The zero-order valence-electron chi connectivity index (χ0n) is 76.4. The molecule has 36 nitrogen and oxygen atoms in total. The molecule has 0 fully saturated rings. The number of amides is 4. The molecule has 0 radical (unpaired) electrons. The van der Waals surface area contributed by atoms with E-state index in [0.717, 1.165) is 175 Å². The molecule has 141 heavy (non-hydrogen) atoms. The molecule has 0 aliphatic heterocycles. The van der Waals surface area contributed by atoms with Crippen molar-refractivity contribution in [3.05, 3.63) is 243 Å². The second-order valence-electron chi connectivity index (χ2n) is 34.6. The van der Waals surface area contributed by atoms with Gasteiger partial charge in [0.25, 0.3) is 0 Å². The Morgan fingerprint density at radius 1 is 0.333 bits per heavy atom. The number of aromatic amines is 8. The zero-order chi connectivity index (χ0) is 96.5. The molecule has 4 amide bonds. The third-order valence-corrected chi connectivity index (χ3v) is 26.4. The van der Waals surface area contributed by atoms with Crippen LogP contribution in [0.3, 0.4) is 0 Å². The first kappa shape index (κ1) is 89.8.